The van der Waals surface area contributed by atoms with Gasteiger partial charge in [-0.25, -0.2) is 5.43 Å². The Morgan fingerprint density at radius 1 is 0.816 bits per heavy atom. The smallest absolute Gasteiger partial charge is 0.271 e. The van der Waals surface area contributed by atoms with Crippen molar-refractivity contribution in [1.29, 1.82) is 0 Å². The minimum atomic E-state index is -0.373. The van der Waals surface area contributed by atoms with Crippen LogP contribution in [-0.4, -0.2) is 19.2 Å². The van der Waals surface area contributed by atoms with E-state index in [4.69, 9.17) is 14.2 Å². The molecule has 0 atom stereocenters. The quantitative estimate of drug-likeness (QED) is 0.135. The second-order valence-corrected chi connectivity index (χ2v) is 10.7. The first kappa shape index (κ1) is 27.9. The summed E-state index contributed by atoms with van der Waals surface area (Å²) in [4.78, 5) is 12.7. The molecule has 4 rings (SSSR count). The van der Waals surface area contributed by atoms with Gasteiger partial charge in [-0.05, 0) is 91.0 Å². The number of nitrogens with zero attached hydrogens (tertiary/aromatic N) is 1. The van der Waals surface area contributed by atoms with Crippen molar-refractivity contribution < 1.29 is 19.0 Å². The molecular weight excluding hydrogens is 680 g/mol. The Hall–Kier alpha value is -3.14. The first-order valence-electron chi connectivity index (χ1n) is 11.5. The van der Waals surface area contributed by atoms with Gasteiger partial charge in [-0.1, -0.05) is 58.4 Å². The maximum Gasteiger partial charge on any atom is 0.271 e. The van der Waals surface area contributed by atoms with Gasteiger partial charge in [-0.3, -0.25) is 4.79 Å². The monoisotopic (exact) mass is 700 g/mol. The summed E-state index contributed by atoms with van der Waals surface area (Å²) in [6.45, 7) is 0.819. The lowest BCUT2D eigenvalue weighted by Crippen LogP contribution is -2.17. The van der Waals surface area contributed by atoms with Crippen molar-refractivity contribution in [2.45, 2.75) is 13.2 Å². The molecule has 4 aromatic carbocycles. The second-order valence-electron chi connectivity index (χ2n) is 8.07. The number of amides is 1. The summed E-state index contributed by atoms with van der Waals surface area (Å²) in [5.74, 6) is 1.32. The predicted molar refractivity (Wildman–Crippen MR) is 159 cm³/mol. The molecule has 0 bridgehead atoms. The number of rotatable bonds is 10. The average Bonchev–Trinajstić information content (AvgIpc) is 2.93. The number of carbonyl (C=O) groups excluding carboxylic acids is 1. The number of carbonyl (C=O) groups is 1. The Kier molecular flexibility index (Phi) is 9.98. The second kappa shape index (κ2) is 13.6. The summed E-state index contributed by atoms with van der Waals surface area (Å²) in [5.41, 5.74) is 5.79. The third-order valence-electron chi connectivity index (χ3n) is 5.36. The van der Waals surface area contributed by atoms with E-state index in [0.717, 1.165) is 30.1 Å². The summed E-state index contributed by atoms with van der Waals surface area (Å²) in [6, 6.07) is 26.5. The van der Waals surface area contributed by atoms with Crippen molar-refractivity contribution >= 4 is 59.9 Å². The van der Waals surface area contributed by atoms with Gasteiger partial charge < -0.3 is 14.2 Å². The number of halogens is 3. The van der Waals surface area contributed by atoms with Crippen LogP contribution < -0.4 is 19.6 Å². The Bertz CT molecular complexity index is 1400. The van der Waals surface area contributed by atoms with Crippen molar-refractivity contribution in [3.63, 3.8) is 0 Å². The van der Waals surface area contributed by atoms with Crippen LogP contribution in [0.4, 0.5) is 0 Å². The molecule has 0 spiro atoms. The fourth-order valence-corrected chi connectivity index (χ4v) is 5.14. The molecule has 1 N–H and O–H groups in total. The van der Waals surface area contributed by atoms with Crippen LogP contribution in [0.3, 0.4) is 0 Å². The van der Waals surface area contributed by atoms with Gasteiger partial charge in [0, 0.05) is 10.0 Å². The van der Waals surface area contributed by atoms with Gasteiger partial charge in [-0.2, -0.15) is 5.10 Å². The molecule has 6 nitrogen and oxygen atoms in total. The number of benzene rings is 4. The average molecular weight is 703 g/mol. The van der Waals surface area contributed by atoms with Gasteiger partial charge in [0.05, 0.1) is 22.3 Å². The van der Waals surface area contributed by atoms with Crippen LogP contribution in [0.25, 0.3) is 0 Å². The summed E-state index contributed by atoms with van der Waals surface area (Å²) in [6.07, 6.45) is 1.56. The number of hydrogen-bond acceptors (Lipinski definition) is 5. The van der Waals surface area contributed by atoms with E-state index in [2.05, 4.69) is 58.3 Å². The number of hydrogen-bond donors (Lipinski definition) is 1. The topological polar surface area (TPSA) is 69.2 Å². The highest BCUT2D eigenvalue weighted by atomic mass is 79.9. The Balaban J connectivity index is 1.36. The molecule has 38 heavy (non-hydrogen) atoms. The SMILES string of the molecule is COc1cc(C(=O)N/N=C/c2cc(Br)c(OCc3ccc(Br)cc3)c(Br)c2)ccc1OCc1ccccc1. The van der Waals surface area contributed by atoms with Crippen LogP contribution in [-0.2, 0) is 13.2 Å². The van der Waals surface area contributed by atoms with Gasteiger partial charge in [0.15, 0.2) is 11.5 Å². The molecule has 1 amide bonds. The third kappa shape index (κ3) is 7.69. The van der Waals surface area contributed by atoms with Crippen molar-refractivity contribution in [3.8, 4) is 17.2 Å². The van der Waals surface area contributed by atoms with Crippen LogP contribution >= 0.6 is 47.8 Å². The normalized spacial score (nSPS) is 10.8. The van der Waals surface area contributed by atoms with E-state index >= 15 is 0 Å². The first-order chi connectivity index (χ1) is 18.4. The van der Waals surface area contributed by atoms with Crippen LogP contribution in [0, 0.1) is 0 Å². The highest BCUT2D eigenvalue weighted by Gasteiger charge is 2.12. The van der Waals surface area contributed by atoms with Crippen molar-refractivity contribution in [1.82, 2.24) is 5.43 Å². The van der Waals surface area contributed by atoms with E-state index in [9.17, 15) is 4.79 Å². The van der Waals surface area contributed by atoms with Crippen LogP contribution in [0.1, 0.15) is 27.0 Å². The van der Waals surface area contributed by atoms with Gasteiger partial charge in [0.25, 0.3) is 5.91 Å². The highest BCUT2D eigenvalue weighted by molar-refractivity contribution is 9.11. The van der Waals surface area contributed by atoms with Crippen molar-refractivity contribution in [2.75, 3.05) is 7.11 Å². The zero-order valence-corrected chi connectivity index (χ0v) is 25.0. The third-order valence-corrected chi connectivity index (χ3v) is 7.07. The lowest BCUT2D eigenvalue weighted by Gasteiger charge is -2.12. The molecule has 0 aliphatic heterocycles. The molecular formula is C29H23Br3N2O4. The number of methoxy groups -OCH3 is 1. The molecule has 0 saturated carbocycles. The first-order valence-corrected chi connectivity index (χ1v) is 13.9. The van der Waals surface area contributed by atoms with Gasteiger partial charge in [0.1, 0.15) is 19.0 Å². The molecule has 9 heteroatoms. The van der Waals surface area contributed by atoms with Crippen molar-refractivity contribution in [3.05, 3.63) is 121 Å². The predicted octanol–water partition coefficient (Wildman–Crippen LogP) is 7.90. The number of nitrogens with one attached hydrogen (secondary N) is 1. The number of ether oxygens (including phenoxy) is 3. The molecule has 0 saturated heterocycles. The fraction of sp³-hybridized carbons (Fsp3) is 0.103. The molecule has 0 aromatic heterocycles. The lowest BCUT2D eigenvalue weighted by molar-refractivity contribution is 0.0954. The largest absolute Gasteiger partial charge is 0.493 e. The maximum atomic E-state index is 12.7. The Morgan fingerprint density at radius 3 is 2.16 bits per heavy atom. The van der Waals surface area contributed by atoms with Crippen molar-refractivity contribution in [2.24, 2.45) is 5.10 Å². The van der Waals surface area contributed by atoms with E-state index in [0.29, 0.717) is 36.0 Å². The van der Waals surface area contributed by atoms with E-state index in [1.165, 1.54) is 7.11 Å². The van der Waals surface area contributed by atoms with Crippen LogP contribution in [0.15, 0.2) is 103 Å². The van der Waals surface area contributed by atoms with Gasteiger partial charge in [-0.15, -0.1) is 0 Å². The molecule has 0 unspecified atom stereocenters. The minimum absolute atomic E-state index is 0.373. The number of hydrazone groups is 1. The van der Waals surface area contributed by atoms with E-state index in [1.807, 2.05) is 66.7 Å². The van der Waals surface area contributed by atoms with Crippen LogP contribution in [0.2, 0.25) is 0 Å². The van der Waals surface area contributed by atoms with E-state index < -0.39 is 0 Å². The van der Waals surface area contributed by atoms with E-state index in [-0.39, 0.29) is 5.91 Å². The molecule has 0 fully saturated rings. The van der Waals surface area contributed by atoms with Crippen LogP contribution in [0.5, 0.6) is 17.2 Å². The lowest BCUT2D eigenvalue weighted by atomic mass is 10.2. The summed E-state index contributed by atoms with van der Waals surface area (Å²) < 4.78 is 19.8. The van der Waals surface area contributed by atoms with E-state index in [1.54, 1.807) is 24.4 Å². The summed E-state index contributed by atoms with van der Waals surface area (Å²) >= 11 is 10.5. The molecule has 0 heterocycles. The maximum absolute atomic E-state index is 12.7. The fourth-order valence-electron chi connectivity index (χ4n) is 3.42. The highest BCUT2D eigenvalue weighted by Crippen LogP contribution is 2.35. The Labute approximate surface area is 246 Å². The Morgan fingerprint density at radius 2 is 1.47 bits per heavy atom. The molecule has 0 aliphatic carbocycles. The summed E-state index contributed by atoms with van der Waals surface area (Å²) in [7, 11) is 1.53. The standard InChI is InChI=1S/C29H23Br3N2O4/c1-36-27-15-22(9-12-26(27)37-17-19-5-3-2-4-6-19)29(35)34-33-16-21-13-24(31)28(25(32)14-21)38-18-20-7-10-23(30)11-8-20/h2-16H,17-18H2,1H3,(H,34,35)/b33-16+. The van der Waals surface area contributed by atoms with Gasteiger partial charge >= 0.3 is 0 Å². The van der Waals surface area contributed by atoms with Gasteiger partial charge in [0.2, 0.25) is 0 Å². The molecule has 0 aliphatic rings. The molecule has 0 radical (unpaired) electrons. The molecule has 4 aromatic rings. The zero-order valence-electron chi connectivity index (χ0n) is 20.3. The molecule has 194 valence electrons. The summed E-state index contributed by atoms with van der Waals surface area (Å²) in [5, 5.41) is 4.10. The zero-order chi connectivity index (χ0) is 26.9. The minimum Gasteiger partial charge on any atom is -0.493 e.